The van der Waals surface area contributed by atoms with Crippen LogP contribution in [0.25, 0.3) is 0 Å². The van der Waals surface area contributed by atoms with Crippen molar-refractivity contribution in [2.45, 2.75) is 39.2 Å². The first-order valence-corrected chi connectivity index (χ1v) is 7.40. The van der Waals surface area contributed by atoms with Gasteiger partial charge in [0.25, 0.3) is 10.2 Å². The van der Waals surface area contributed by atoms with Crippen LogP contribution in [0.4, 0.5) is 0 Å². The minimum atomic E-state index is -4.00. The molecule has 0 aliphatic carbocycles. The molecule has 112 valence electrons. The summed E-state index contributed by atoms with van der Waals surface area (Å²) in [6.07, 6.45) is 0.357. The molecule has 0 amide bonds. The van der Waals surface area contributed by atoms with Gasteiger partial charge in [0.1, 0.15) is 6.04 Å². The summed E-state index contributed by atoms with van der Waals surface area (Å²) in [6, 6.07) is -1.67. The van der Waals surface area contributed by atoms with Gasteiger partial charge in [-0.25, -0.2) is 0 Å². The first-order valence-electron chi connectivity index (χ1n) is 5.96. The third-order valence-corrected chi connectivity index (χ3v) is 3.88. The SMILES string of the molecule is CCCN(CCC)S(=O)(=O)N[C@H](CC(=O)O)C(=O)O. The van der Waals surface area contributed by atoms with Crippen molar-refractivity contribution < 1.29 is 28.2 Å². The Balaban J connectivity index is 4.95. The van der Waals surface area contributed by atoms with Gasteiger partial charge >= 0.3 is 11.9 Å². The fraction of sp³-hybridized carbons (Fsp3) is 0.800. The molecule has 1 atom stereocenters. The molecule has 0 unspecified atom stereocenters. The van der Waals surface area contributed by atoms with E-state index in [0.29, 0.717) is 12.8 Å². The van der Waals surface area contributed by atoms with Gasteiger partial charge in [-0.1, -0.05) is 13.8 Å². The molecule has 8 nitrogen and oxygen atoms in total. The molecule has 0 fully saturated rings. The van der Waals surface area contributed by atoms with E-state index in [-0.39, 0.29) is 13.1 Å². The maximum absolute atomic E-state index is 12.0. The van der Waals surface area contributed by atoms with Crippen molar-refractivity contribution in [3.8, 4) is 0 Å². The molecule has 19 heavy (non-hydrogen) atoms. The van der Waals surface area contributed by atoms with Gasteiger partial charge in [0.05, 0.1) is 6.42 Å². The monoisotopic (exact) mass is 296 g/mol. The molecule has 3 N–H and O–H groups in total. The summed E-state index contributed by atoms with van der Waals surface area (Å²) >= 11 is 0. The number of carbonyl (C=O) groups is 2. The quantitative estimate of drug-likeness (QED) is 0.516. The maximum atomic E-state index is 12.0. The number of nitrogens with zero attached hydrogens (tertiary/aromatic N) is 1. The zero-order chi connectivity index (χ0) is 15.1. The van der Waals surface area contributed by atoms with Gasteiger partial charge in [0.15, 0.2) is 0 Å². The van der Waals surface area contributed by atoms with Gasteiger partial charge in [-0.3, -0.25) is 9.59 Å². The summed E-state index contributed by atoms with van der Waals surface area (Å²) < 4.78 is 27.0. The van der Waals surface area contributed by atoms with E-state index < -0.39 is 34.6 Å². The zero-order valence-electron chi connectivity index (χ0n) is 11.0. The third-order valence-electron chi connectivity index (χ3n) is 2.25. The molecule has 0 heterocycles. The van der Waals surface area contributed by atoms with E-state index in [4.69, 9.17) is 10.2 Å². The van der Waals surface area contributed by atoms with E-state index >= 15 is 0 Å². The van der Waals surface area contributed by atoms with Crippen LogP contribution in [0.5, 0.6) is 0 Å². The van der Waals surface area contributed by atoms with Crippen molar-refractivity contribution in [1.29, 1.82) is 0 Å². The van der Waals surface area contributed by atoms with E-state index in [0.717, 1.165) is 4.31 Å². The summed E-state index contributed by atoms with van der Waals surface area (Å²) in [6.45, 7) is 4.10. The molecule has 0 aromatic rings. The fourth-order valence-electron chi connectivity index (χ4n) is 1.46. The number of aliphatic carboxylic acids is 2. The maximum Gasteiger partial charge on any atom is 0.322 e. The van der Waals surface area contributed by atoms with Crippen LogP contribution in [0, 0.1) is 0 Å². The van der Waals surface area contributed by atoms with E-state index in [1.54, 1.807) is 13.8 Å². The van der Waals surface area contributed by atoms with Crippen LogP contribution in [0.15, 0.2) is 0 Å². The molecular weight excluding hydrogens is 276 g/mol. The lowest BCUT2D eigenvalue weighted by Gasteiger charge is -2.23. The molecule has 0 aromatic heterocycles. The van der Waals surface area contributed by atoms with E-state index in [1.165, 1.54) is 0 Å². The predicted molar refractivity (Wildman–Crippen MR) is 67.9 cm³/mol. The molecule has 0 rings (SSSR count). The first kappa shape index (κ1) is 17.8. The van der Waals surface area contributed by atoms with Gasteiger partial charge in [-0.05, 0) is 12.8 Å². The highest BCUT2D eigenvalue weighted by Gasteiger charge is 2.29. The number of hydrogen-bond donors (Lipinski definition) is 3. The second-order valence-electron chi connectivity index (χ2n) is 4.01. The molecule has 0 bridgehead atoms. The normalized spacial score (nSPS) is 13.4. The molecule has 0 saturated heterocycles. The molecule has 0 aromatic carbocycles. The van der Waals surface area contributed by atoms with Crippen LogP contribution in [-0.2, 0) is 19.8 Å². The highest BCUT2D eigenvalue weighted by atomic mass is 32.2. The average molecular weight is 296 g/mol. The number of carboxylic acid groups (broad SMARTS) is 2. The summed E-state index contributed by atoms with van der Waals surface area (Å²) in [7, 11) is -4.00. The lowest BCUT2D eigenvalue weighted by molar-refractivity contribution is -0.145. The fourth-order valence-corrected chi connectivity index (χ4v) is 3.00. The standard InChI is InChI=1S/C10H20N2O6S/c1-3-5-12(6-4-2)19(17,18)11-8(10(15)16)7-9(13)14/h8,11H,3-7H2,1-2H3,(H,13,14)(H,15,16)/t8-/m1/s1. The van der Waals surface area contributed by atoms with Crippen LogP contribution in [0.2, 0.25) is 0 Å². The van der Waals surface area contributed by atoms with Crippen molar-refractivity contribution in [3.63, 3.8) is 0 Å². The average Bonchev–Trinajstić information content (AvgIpc) is 2.26. The highest BCUT2D eigenvalue weighted by Crippen LogP contribution is 2.05. The largest absolute Gasteiger partial charge is 0.481 e. The van der Waals surface area contributed by atoms with E-state index in [9.17, 15) is 18.0 Å². The highest BCUT2D eigenvalue weighted by molar-refractivity contribution is 7.87. The molecule has 0 radical (unpaired) electrons. The molecule has 0 spiro atoms. The summed E-state index contributed by atoms with van der Waals surface area (Å²) in [5.41, 5.74) is 0. The topological polar surface area (TPSA) is 124 Å². The second kappa shape index (κ2) is 8.08. The smallest absolute Gasteiger partial charge is 0.322 e. The Bertz CT molecular complexity index is 402. The Morgan fingerprint density at radius 3 is 1.95 bits per heavy atom. The molecule has 0 aliphatic rings. The predicted octanol–water partition coefficient (Wildman–Crippen LogP) is -0.129. The number of rotatable bonds is 10. The van der Waals surface area contributed by atoms with Crippen molar-refractivity contribution in [3.05, 3.63) is 0 Å². The Hall–Kier alpha value is -1.19. The molecule has 9 heteroatoms. The van der Waals surface area contributed by atoms with Crippen LogP contribution in [0.3, 0.4) is 0 Å². The van der Waals surface area contributed by atoms with Crippen LogP contribution in [-0.4, -0.2) is 54.0 Å². The lowest BCUT2D eigenvalue weighted by Crippen LogP contribution is -2.49. The van der Waals surface area contributed by atoms with Gasteiger partial charge in [-0.15, -0.1) is 0 Å². The van der Waals surface area contributed by atoms with Crippen LogP contribution < -0.4 is 4.72 Å². The van der Waals surface area contributed by atoms with Crippen molar-refractivity contribution >= 4 is 22.1 Å². The number of carboxylic acids is 2. The number of hydrogen-bond acceptors (Lipinski definition) is 4. The Morgan fingerprint density at radius 1 is 1.16 bits per heavy atom. The molecule has 0 saturated carbocycles. The summed E-state index contributed by atoms with van der Waals surface area (Å²) in [4.78, 5) is 21.4. The molecule has 0 aliphatic heterocycles. The summed E-state index contributed by atoms with van der Waals surface area (Å²) in [5, 5.41) is 17.4. The van der Waals surface area contributed by atoms with Crippen molar-refractivity contribution in [1.82, 2.24) is 9.03 Å². The first-order chi connectivity index (χ1) is 8.74. The number of nitrogens with one attached hydrogen (secondary N) is 1. The van der Waals surface area contributed by atoms with E-state index in [2.05, 4.69) is 0 Å². The van der Waals surface area contributed by atoms with E-state index in [1.807, 2.05) is 4.72 Å². The van der Waals surface area contributed by atoms with Gasteiger partial charge in [0, 0.05) is 13.1 Å². The van der Waals surface area contributed by atoms with Crippen molar-refractivity contribution in [2.75, 3.05) is 13.1 Å². The second-order valence-corrected chi connectivity index (χ2v) is 5.71. The lowest BCUT2D eigenvalue weighted by atomic mass is 10.2. The third kappa shape index (κ3) is 6.50. The minimum Gasteiger partial charge on any atom is -0.481 e. The van der Waals surface area contributed by atoms with Gasteiger partial charge in [-0.2, -0.15) is 17.4 Å². The van der Waals surface area contributed by atoms with Crippen LogP contribution >= 0.6 is 0 Å². The summed E-state index contributed by atoms with van der Waals surface area (Å²) in [5.74, 6) is -2.90. The van der Waals surface area contributed by atoms with Crippen molar-refractivity contribution in [2.24, 2.45) is 0 Å². The Labute approximate surface area is 112 Å². The van der Waals surface area contributed by atoms with Gasteiger partial charge in [0.2, 0.25) is 0 Å². The minimum absolute atomic E-state index is 0.253. The molecular formula is C10H20N2O6S. The Kier molecular flexibility index (Phi) is 7.57. The van der Waals surface area contributed by atoms with Gasteiger partial charge < -0.3 is 10.2 Å². The Morgan fingerprint density at radius 2 is 1.63 bits per heavy atom. The van der Waals surface area contributed by atoms with Crippen LogP contribution in [0.1, 0.15) is 33.1 Å². The zero-order valence-corrected chi connectivity index (χ0v) is 11.8.